The molecule has 168 valence electrons. The molecule has 0 atom stereocenters. The lowest BCUT2D eigenvalue weighted by Crippen LogP contribution is -2.26. The molecule has 0 radical (unpaired) electrons. The summed E-state index contributed by atoms with van der Waals surface area (Å²) in [4.78, 5) is 33.5. The molecule has 1 aromatic heterocycles. The predicted octanol–water partition coefficient (Wildman–Crippen LogP) is 5.54. The molecule has 0 saturated carbocycles. The van der Waals surface area contributed by atoms with Crippen molar-refractivity contribution in [2.75, 3.05) is 0 Å². The van der Waals surface area contributed by atoms with Gasteiger partial charge in [0.1, 0.15) is 5.01 Å². The molecule has 0 unspecified atom stereocenters. The molecule has 0 aliphatic carbocycles. The number of thiazole rings is 1. The van der Waals surface area contributed by atoms with E-state index in [4.69, 9.17) is 9.59 Å². The first kappa shape index (κ1) is 24.1. The second-order valence-corrected chi connectivity index (χ2v) is 9.72. The summed E-state index contributed by atoms with van der Waals surface area (Å²) < 4.78 is 1.11. The molecule has 6 heteroatoms. The molecule has 3 aromatic carbocycles. The SMILES string of the molecule is CC(C)(C)c1ccccc1CNC(=O)Cc1nc2ccc(-c3ccccc3)cc2s1.O=C=O. The Balaban J connectivity index is 0.000000968. The number of carbonyl (C=O) groups excluding carboxylic acids is 3. The van der Waals surface area contributed by atoms with Crippen LogP contribution in [0.2, 0.25) is 0 Å². The smallest absolute Gasteiger partial charge is 0.352 e. The lowest BCUT2D eigenvalue weighted by molar-refractivity contribution is -0.191. The molecule has 1 N–H and O–H groups in total. The van der Waals surface area contributed by atoms with E-state index in [0.29, 0.717) is 13.0 Å². The normalized spacial score (nSPS) is 10.8. The van der Waals surface area contributed by atoms with Crippen LogP contribution >= 0.6 is 11.3 Å². The molecule has 4 rings (SSSR count). The van der Waals surface area contributed by atoms with E-state index < -0.39 is 0 Å². The van der Waals surface area contributed by atoms with Crippen LogP contribution < -0.4 is 5.32 Å². The van der Waals surface area contributed by atoms with E-state index >= 15 is 0 Å². The Morgan fingerprint density at radius 3 is 2.30 bits per heavy atom. The number of nitrogens with zero attached hydrogens (tertiary/aromatic N) is 1. The first-order valence-electron chi connectivity index (χ1n) is 10.6. The van der Waals surface area contributed by atoms with Gasteiger partial charge in [0, 0.05) is 6.54 Å². The first-order valence-corrected chi connectivity index (χ1v) is 11.4. The van der Waals surface area contributed by atoms with Gasteiger partial charge >= 0.3 is 6.15 Å². The van der Waals surface area contributed by atoms with Crippen molar-refractivity contribution in [3.8, 4) is 11.1 Å². The molecule has 5 nitrogen and oxygen atoms in total. The monoisotopic (exact) mass is 458 g/mol. The highest BCUT2D eigenvalue weighted by molar-refractivity contribution is 7.18. The maximum atomic E-state index is 12.6. The number of hydrogen-bond donors (Lipinski definition) is 1. The van der Waals surface area contributed by atoms with Crippen LogP contribution in [0.25, 0.3) is 21.3 Å². The Labute approximate surface area is 197 Å². The Morgan fingerprint density at radius 1 is 0.939 bits per heavy atom. The van der Waals surface area contributed by atoms with Gasteiger partial charge in [-0.25, -0.2) is 4.98 Å². The maximum Gasteiger partial charge on any atom is 0.373 e. The van der Waals surface area contributed by atoms with Gasteiger partial charge in [0.05, 0.1) is 16.6 Å². The number of carbonyl (C=O) groups is 1. The van der Waals surface area contributed by atoms with Crippen LogP contribution in [0.4, 0.5) is 0 Å². The van der Waals surface area contributed by atoms with Gasteiger partial charge in [0.2, 0.25) is 5.91 Å². The summed E-state index contributed by atoms with van der Waals surface area (Å²) >= 11 is 1.59. The Hall–Kier alpha value is -3.60. The highest BCUT2D eigenvalue weighted by Gasteiger charge is 2.18. The number of aromatic nitrogens is 1. The number of nitrogens with one attached hydrogen (secondary N) is 1. The van der Waals surface area contributed by atoms with Crippen molar-refractivity contribution in [2.45, 2.75) is 39.2 Å². The third-order valence-electron chi connectivity index (χ3n) is 5.15. The zero-order chi connectivity index (χ0) is 23.8. The minimum Gasteiger partial charge on any atom is -0.352 e. The molecule has 1 heterocycles. The largest absolute Gasteiger partial charge is 0.373 e. The van der Waals surface area contributed by atoms with Crippen LogP contribution in [0.3, 0.4) is 0 Å². The standard InChI is InChI=1S/C26H26N2OS.CO2/c1-26(2,3)21-12-8-7-11-20(21)17-27-24(29)16-25-28-22-14-13-19(15-23(22)30-25)18-9-5-4-6-10-18;2-1-3/h4-15H,16-17H2,1-3H3,(H,27,29);. The van der Waals surface area contributed by atoms with Crippen molar-refractivity contribution in [3.05, 3.63) is 88.9 Å². The topological polar surface area (TPSA) is 76.1 Å². The van der Waals surface area contributed by atoms with Gasteiger partial charge in [-0.15, -0.1) is 11.3 Å². The van der Waals surface area contributed by atoms with Gasteiger partial charge < -0.3 is 5.32 Å². The Kier molecular flexibility index (Phi) is 7.88. The fourth-order valence-electron chi connectivity index (χ4n) is 3.66. The van der Waals surface area contributed by atoms with Crippen LogP contribution in [-0.4, -0.2) is 17.0 Å². The summed E-state index contributed by atoms with van der Waals surface area (Å²) in [6.07, 6.45) is 0.553. The van der Waals surface area contributed by atoms with Crippen molar-refractivity contribution < 1.29 is 14.4 Å². The molecule has 0 aliphatic rings. The van der Waals surface area contributed by atoms with Crippen LogP contribution in [0, 0.1) is 0 Å². The number of amides is 1. The zero-order valence-corrected chi connectivity index (χ0v) is 19.7. The van der Waals surface area contributed by atoms with Crippen LogP contribution in [-0.2, 0) is 32.8 Å². The second kappa shape index (κ2) is 10.8. The van der Waals surface area contributed by atoms with E-state index in [-0.39, 0.29) is 17.5 Å². The summed E-state index contributed by atoms with van der Waals surface area (Å²) in [6.45, 7) is 7.12. The summed E-state index contributed by atoms with van der Waals surface area (Å²) in [7, 11) is 0. The van der Waals surface area contributed by atoms with E-state index in [9.17, 15) is 4.79 Å². The Bertz CT molecular complexity index is 1270. The lowest BCUT2D eigenvalue weighted by atomic mass is 9.84. The number of hydrogen-bond acceptors (Lipinski definition) is 5. The van der Waals surface area contributed by atoms with Crippen molar-refractivity contribution in [1.82, 2.24) is 10.3 Å². The zero-order valence-electron chi connectivity index (χ0n) is 18.9. The quantitative estimate of drug-likeness (QED) is 0.426. The third kappa shape index (κ3) is 6.45. The van der Waals surface area contributed by atoms with Crippen LogP contribution in [0.5, 0.6) is 0 Å². The summed E-state index contributed by atoms with van der Waals surface area (Å²) in [6, 6.07) is 24.9. The fourth-order valence-corrected chi connectivity index (χ4v) is 4.66. The van der Waals surface area contributed by atoms with Gasteiger partial charge in [-0.2, -0.15) is 9.59 Å². The summed E-state index contributed by atoms with van der Waals surface area (Å²) in [5, 5.41) is 3.91. The van der Waals surface area contributed by atoms with Crippen molar-refractivity contribution >= 4 is 33.6 Å². The average molecular weight is 459 g/mol. The van der Waals surface area contributed by atoms with E-state index in [2.05, 4.69) is 73.5 Å². The van der Waals surface area contributed by atoms with E-state index in [1.807, 2.05) is 30.3 Å². The molecule has 33 heavy (non-hydrogen) atoms. The minimum atomic E-state index is 0.000973. The molecule has 0 bridgehead atoms. The average Bonchev–Trinajstić information content (AvgIpc) is 3.20. The molecule has 0 fully saturated rings. The lowest BCUT2D eigenvalue weighted by Gasteiger charge is -2.23. The number of fused-ring (bicyclic) bond motifs is 1. The molecule has 0 spiro atoms. The fraction of sp³-hybridized carbons (Fsp3) is 0.222. The third-order valence-corrected chi connectivity index (χ3v) is 6.17. The summed E-state index contributed by atoms with van der Waals surface area (Å²) in [5.74, 6) is 0.000973. The number of benzene rings is 3. The molecule has 0 saturated heterocycles. The van der Waals surface area contributed by atoms with Crippen LogP contribution in [0.15, 0.2) is 72.8 Å². The molecule has 1 amide bonds. The second-order valence-electron chi connectivity index (χ2n) is 8.60. The molecule has 4 aromatic rings. The van der Waals surface area contributed by atoms with E-state index in [0.717, 1.165) is 20.8 Å². The van der Waals surface area contributed by atoms with Gasteiger partial charge in [0.25, 0.3) is 0 Å². The van der Waals surface area contributed by atoms with Crippen molar-refractivity contribution in [1.29, 1.82) is 0 Å². The van der Waals surface area contributed by atoms with Gasteiger partial charge in [-0.1, -0.05) is 81.4 Å². The minimum absolute atomic E-state index is 0.000973. The van der Waals surface area contributed by atoms with Gasteiger partial charge in [0.15, 0.2) is 0 Å². The molecular weight excluding hydrogens is 432 g/mol. The van der Waals surface area contributed by atoms with Crippen LogP contribution in [0.1, 0.15) is 36.9 Å². The highest BCUT2D eigenvalue weighted by Crippen LogP contribution is 2.29. The first-order chi connectivity index (χ1) is 15.8. The number of rotatable bonds is 5. The summed E-state index contributed by atoms with van der Waals surface area (Å²) in [5.41, 5.74) is 5.77. The molecule has 0 aliphatic heterocycles. The van der Waals surface area contributed by atoms with E-state index in [1.54, 1.807) is 11.3 Å². The molecular formula is C27H26N2O3S. The van der Waals surface area contributed by atoms with Crippen molar-refractivity contribution in [2.24, 2.45) is 0 Å². The van der Waals surface area contributed by atoms with Crippen molar-refractivity contribution in [3.63, 3.8) is 0 Å². The predicted molar refractivity (Wildman–Crippen MR) is 131 cm³/mol. The van der Waals surface area contributed by atoms with E-state index in [1.165, 1.54) is 16.7 Å². The Morgan fingerprint density at radius 2 is 1.61 bits per heavy atom. The highest BCUT2D eigenvalue weighted by atomic mass is 32.1. The van der Waals surface area contributed by atoms with Gasteiger partial charge in [-0.05, 0) is 39.8 Å². The van der Waals surface area contributed by atoms with Gasteiger partial charge in [-0.3, -0.25) is 4.79 Å². The maximum absolute atomic E-state index is 12.6.